The van der Waals surface area contributed by atoms with Gasteiger partial charge in [0.2, 0.25) is 17.8 Å². The summed E-state index contributed by atoms with van der Waals surface area (Å²) in [4.78, 5) is 36.0. The molecular weight excluding hydrogens is 422 g/mol. The Hall–Kier alpha value is -3.36. The summed E-state index contributed by atoms with van der Waals surface area (Å²) in [5.74, 6) is 1.49. The Kier molecular flexibility index (Phi) is 8.08. The Bertz CT molecular complexity index is 969. The predicted molar refractivity (Wildman–Crippen MR) is 126 cm³/mol. The van der Waals surface area contributed by atoms with Crippen LogP contribution in [0.5, 0.6) is 11.5 Å². The van der Waals surface area contributed by atoms with E-state index < -0.39 is 6.04 Å². The van der Waals surface area contributed by atoms with Gasteiger partial charge in [-0.2, -0.15) is 0 Å². The van der Waals surface area contributed by atoms with Crippen LogP contribution in [0, 0.1) is 13.8 Å². The second kappa shape index (κ2) is 11.0. The quantitative estimate of drug-likeness (QED) is 0.627. The monoisotopic (exact) mass is 455 g/mol. The molecule has 1 aliphatic rings. The first-order chi connectivity index (χ1) is 15.8. The van der Waals surface area contributed by atoms with Crippen LogP contribution in [-0.4, -0.2) is 61.2 Å². The van der Waals surface area contributed by atoms with Crippen LogP contribution in [0.15, 0.2) is 24.3 Å². The van der Waals surface area contributed by atoms with Crippen molar-refractivity contribution in [2.75, 3.05) is 32.2 Å². The van der Waals surface area contributed by atoms with E-state index in [-0.39, 0.29) is 17.9 Å². The summed E-state index contributed by atoms with van der Waals surface area (Å²) < 4.78 is 10.6. The fourth-order valence-electron chi connectivity index (χ4n) is 4.07. The average molecular weight is 456 g/mol. The molecule has 2 heterocycles. The lowest BCUT2D eigenvalue weighted by Gasteiger charge is -2.33. The minimum atomic E-state index is -0.679. The van der Waals surface area contributed by atoms with Gasteiger partial charge in [0.25, 0.3) is 0 Å². The lowest BCUT2D eigenvalue weighted by molar-refractivity contribution is -0.128. The molecule has 0 aliphatic carbocycles. The standard InChI is InChI=1S/C24H33N5O4/c1-15-12-16(2)26-24(25-15)29-10-8-19(9-11-29)28-23(31)20(27-17(3)30)13-18-6-7-21(32-4)22(14-18)33-5/h6-7,12,14,19-20H,8-11,13H2,1-5H3,(H,27,30)(H,28,31). The molecule has 2 aromatic rings. The highest BCUT2D eigenvalue weighted by atomic mass is 16.5. The van der Waals surface area contributed by atoms with Gasteiger partial charge in [-0.15, -0.1) is 0 Å². The van der Waals surface area contributed by atoms with Crippen LogP contribution in [0.2, 0.25) is 0 Å². The molecule has 2 amide bonds. The van der Waals surface area contributed by atoms with E-state index in [0.29, 0.717) is 17.9 Å². The van der Waals surface area contributed by atoms with E-state index in [1.807, 2.05) is 32.0 Å². The maximum absolute atomic E-state index is 13.0. The number of anilines is 1. The zero-order valence-corrected chi connectivity index (χ0v) is 20.0. The second-order valence-corrected chi connectivity index (χ2v) is 8.37. The summed E-state index contributed by atoms with van der Waals surface area (Å²) in [6.45, 7) is 6.86. The van der Waals surface area contributed by atoms with E-state index in [4.69, 9.17) is 9.47 Å². The van der Waals surface area contributed by atoms with Crippen molar-refractivity contribution in [2.45, 2.75) is 52.1 Å². The van der Waals surface area contributed by atoms with Crippen LogP contribution in [-0.2, 0) is 16.0 Å². The summed E-state index contributed by atoms with van der Waals surface area (Å²) in [6.07, 6.45) is 1.91. The van der Waals surface area contributed by atoms with Crippen molar-refractivity contribution in [3.05, 3.63) is 41.2 Å². The molecule has 0 radical (unpaired) electrons. The third-order valence-electron chi connectivity index (χ3n) is 5.68. The number of aromatic nitrogens is 2. The number of hydrogen-bond acceptors (Lipinski definition) is 7. The van der Waals surface area contributed by atoms with Gasteiger partial charge in [0.1, 0.15) is 6.04 Å². The molecule has 3 rings (SSSR count). The van der Waals surface area contributed by atoms with E-state index in [9.17, 15) is 9.59 Å². The van der Waals surface area contributed by atoms with E-state index in [0.717, 1.165) is 48.8 Å². The first-order valence-corrected chi connectivity index (χ1v) is 11.1. The van der Waals surface area contributed by atoms with Crippen LogP contribution in [0.1, 0.15) is 36.7 Å². The van der Waals surface area contributed by atoms with Gasteiger partial charge in [-0.25, -0.2) is 9.97 Å². The number of carbonyl (C=O) groups is 2. The number of carbonyl (C=O) groups excluding carboxylic acids is 2. The molecule has 1 fully saturated rings. The van der Waals surface area contributed by atoms with Gasteiger partial charge in [-0.1, -0.05) is 6.07 Å². The van der Waals surface area contributed by atoms with Crippen LogP contribution in [0.4, 0.5) is 5.95 Å². The summed E-state index contributed by atoms with van der Waals surface area (Å²) in [5, 5.41) is 5.89. The Morgan fingerprint density at radius 1 is 1.06 bits per heavy atom. The molecule has 0 spiro atoms. The van der Waals surface area contributed by atoms with Crippen molar-refractivity contribution in [1.29, 1.82) is 0 Å². The van der Waals surface area contributed by atoms with E-state index in [2.05, 4.69) is 25.5 Å². The molecule has 9 nitrogen and oxygen atoms in total. The average Bonchev–Trinajstić information content (AvgIpc) is 2.78. The minimum Gasteiger partial charge on any atom is -0.493 e. The number of ether oxygens (including phenoxy) is 2. The van der Waals surface area contributed by atoms with E-state index in [1.54, 1.807) is 20.3 Å². The Morgan fingerprint density at radius 2 is 1.70 bits per heavy atom. The third kappa shape index (κ3) is 6.57. The van der Waals surface area contributed by atoms with Gasteiger partial charge < -0.3 is 25.0 Å². The highest BCUT2D eigenvalue weighted by molar-refractivity contribution is 5.87. The molecule has 2 N–H and O–H groups in total. The first-order valence-electron chi connectivity index (χ1n) is 11.1. The van der Waals surface area contributed by atoms with Gasteiger partial charge in [0.15, 0.2) is 11.5 Å². The molecule has 1 atom stereocenters. The lowest BCUT2D eigenvalue weighted by atomic mass is 10.0. The number of aryl methyl sites for hydroxylation is 2. The first kappa shape index (κ1) is 24.3. The van der Waals surface area contributed by atoms with E-state index in [1.165, 1.54) is 6.92 Å². The highest BCUT2D eigenvalue weighted by Gasteiger charge is 2.27. The smallest absolute Gasteiger partial charge is 0.243 e. The van der Waals surface area contributed by atoms with Crippen LogP contribution in [0.3, 0.4) is 0 Å². The molecule has 1 saturated heterocycles. The van der Waals surface area contributed by atoms with Crippen molar-refractivity contribution in [3.63, 3.8) is 0 Å². The molecule has 1 unspecified atom stereocenters. The van der Waals surface area contributed by atoms with Crippen LogP contribution >= 0.6 is 0 Å². The van der Waals surface area contributed by atoms with E-state index >= 15 is 0 Å². The molecule has 1 aromatic heterocycles. The molecule has 178 valence electrons. The van der Waals surface area contributed by atoms with Crippen LogP contribution < -0.4 is 25.0 Å². The van der Waals surface area contributed by atoms with Crippen molar-refractivity contribution < 1.29 is 19.1 Å². The van der Waals surface area contributed by atoms with Crippen molar-refractivity contribution >= 4 is 17.8 Å². The molecule has 33 heavy (non-hydrogen) atoms. The third-order valence-corrected chi connectivity index (χ3v) is 5.68. The van der Waals surface area contributed by atoms with Gasteiger partial charge in [0, 0.05) is 43.9 Å². The Balaban J connectivity index is 1.62. The molecule has 0 bridgehead atoms. The summed E-state index contributed by atoms with van der Waals surface area (Å²) in [7, 11) is 3.14. The Morgan fingerprint density at radius 3 is 2.27 bits per heavy atom. The number of benzene rings is 1. The largest absolute Gasteiger partial charge is 0.493 e. The van der Waals surface area contributed by atoms with Crippen LogP contribution in [0.25, 0.3) is 0 Å². The molecular formula is C24H33N5O4. The molecule has 1 aliphatic heterocycles. The predicted octanol–water partition coefficient (Wildman–Crippen LogP) is 1.94. The number of nitrogens with zero attached hydrogens (tertiary/aromatic N) is 3. The number of methoxy groups -OCH3 is 2. The van der Waals surface area contributed by atoms with Crippen molar-refractivity contribution in [3.8, 4) is 11.5 Å². The molecule has 1 aromatic carbocycles. The minimum absolute atomic E-state index is 0.0290. The van der Waals surface area contributed by atoms with Crippen molar-refractivity contribution in [2.24, 2.45) is 0 Å². The second-order valence-electron chi connectivity index (χ2n) is 8.37. The maximum Gasteiger partial charge on any atom is 0.243 e. The zero-order chi connectivity index (χ0) is 24.0. The molecule has 0 saturated carbocycles. The Labute approximate surface area is 194 Å². The van der Waals surface area contributed by atoms with Gasteiger partial charge >= 0.3 is 0 Å². The fourth-order valence-corrected chi connectivity index (χ4v) is 4.07. The molecule has 9 heteroatoms. The summed E-state index contributed by atoms with van der Waals surface area (Å²) >= 11 is 0. The van der Waals surface area contributed by atoms with Gasteiger partial charge in [-0.05, 0) is 50.5 Å². The normalized spacial score (nSPS) is 15.0. The number of nitrogens with one attached hydrogen (secondary N) is 2. The number of piperidine rings is 1. The number of hydrogen-bond donors (Lipinski definition) is 2. The summed E-state index contributed by atoms with van der Waals surface area (Å²) in [5.41, 5.74) is 2.76. The number of amides is 2. The van der Waals surface area contributed by atoms with Gasteiger partial charge in [0.05, 0.1) is 14.2 Å². The van der Waals surface area contributed by atoms with Gasteiger partial charge in [-0.3, -0.25) is 9.59 Å². The fraction of sp³-hybridized carbons (Fsp3) is 0.500. The lowest BCUT2D eigenvalue weighted by Crippen LogP contribution is -2.52. The maximum atomic E-state index is 13.0. The number of rotatable bonds is 8. The highest BCUT2D eigenvalue weighted by Crippen LogP contribution is 2.28. The SMILES string of the molecule is COc1ccc(CC(NC(C)=O)C(=O)NC2CCN(c3nc(C)cc(C)n3)CC2)cc1OC. The topological polar surface area (TPSA) is 106 Å². The zero-order valence-electron chi connectivity index (χ0n) is 20.0. The summed E-state index contributed by atoms with van der Waals surface area (Å²) in [6, 6.07) is 6.79. The van der Waals surface area contributed by atoms with Crippen molar-refractivity contribution in [1.82, 2.24) is 20.6 Å².